The zero-order valence-corrected chi connectivity index (χ0v) is 10.2. The van der Waals surface area contributed by atoms with Crippen LogP contribution in [0.2, 0.25) is 0 Å². The average Bonchev–Trinajstić information content (AvgIpc) is 2.24. The van der Waals surface area contributed by atoms with Crippen molar-refractivity contribution in [3.05, 3.63) is 23.8 Å². The number of benzene rings is 1. The second-order valence-electron chi connectivity index (χ2n) is 3.99. The van der Waals surface area contributed by atoms with Crippen molar-refractivity contribution in [3.63, 3.8) is 0 Å². The largest absolute Gasteiger partial charge is 0.504 e. The summed E-state index contributed by atoms with van der Waals surface area (Å²) in [5.74, 6) is 0.700. The van der Waals surface area contributed by atoms with Gasteiger partial charge in [0.15, 0.2) is 11.5 Å². The van der Waals surface area contributed by atoms with E-state index in [0.717, 1.165) is 25.2 Å². The van der Waals surface area contributed by atoms with Crippen LogP contribution in [0.5, 0.6) is 11.5 Å². The van der Waals surface area contributed by atoms with Crippen LogP contribution in [0.1, 0.15) is 5.56 Å². The molecule has 4 heteroatoms. The van der Waals surface area contributed by atoms with Gasteiger partial charge in [-0.15, -0.1) is 0 Å². The lowest BCUT2D eigenvalue weighted by molar-refractivity contribution is 0.372. The van der Waals surface area contributed by atoms with Crippen molar-refractivity contribution in [2.75, 3.05) is 34.3 Å². The van der Waals surface area contributed by atoms with Gasteiger partial charge in [0.2, 0.25) is 0 Å². The highest BCUT2D eigenvalue weighted by Gasteiger charge is 2.01. The number of hydrogen-bond donors (Lipinski definition) is 2. The number of ether oxygens (including phenoxy) is 1. The first-order chi connectivity index (χ1) is 7.63. The first-order valence-corrected chi connectivity index (χ1v) is 5.35. The predicted molar refractivity (Wildman–Crippen MR) is 64.9 cm³/mol. The Morgan fingerprint density at radius 1 is 1.38 bits per heavy atom. The van der Waals surface area contributed by atoms with Crippen molar-refractivity contribution in [2.24, 2.45) is 0 Å². The third kappa shape index (κ3) is 4.08. The third-order valence-corrected chi connectivity index (χ3v) is 2.31. The number of methoxy groups -OCH3 is 1. The van der Waals surface area contributed by atoms with Crippen LogP contribution in [-0.2, 0) is 6.54 Å². The van der Waals surface area contributed by atoms with Gasteiger partial charge in [0.25, 0.3) is 0 Å². The van der Waals surface area contributed by atoms with Gasteiger partial charge in [-0.25, -0.2) is 0 Å². The van der Waals surface area contributed by atoms with Gasteiger partial charge in [-0.2, -0.15) is 0 Å². The molecule has 0 radical (unpaired) electrons. The van der Waals surface area contributed by atoms with Gasteiger partial charge in [0, 0.05) is 19.6 Å². The lowest BCUT2D eigenvalue weighted by atomic mass is 10.2. The van der Waals surface area contributed by atoms with E-state index >= 15 is 0 Å². The summed E-state index contributed by atoms with van der Waals surface area (Å²) < 4.78 is 4.98. The average molecular weight is 224 g/mol. The fourth-order valence-corrected chi connectivity index (χ4v) is 1.38. The Morgan fingerprint density at radius 3 is 2.69 bits per heavy atom. The highest BCUT2D eigenvalue weighted by atomic mass is 16.5. The van der Waals surface area contributed by atoms with Crippen LogP contribution in [-0.4, -0.2) is 44.3 Å². The molecule has 1 aromatic carbocycles. The normalized spacial score (nSPS) is 10.8. The number of rotatable bonds is 6. The Bertz CT molecular complexity index is 327. The Balaban J connectivity index is 2.40. The van der Waals surface area contributed by atoms with E-state index in [1.165, 1.54) is 0 Å². The van der Waals surface area contributed by atoms with E-state index in [9.17, 15) is 5.11 Å². The summed E-state index contributed by atoms with van der Waals surface area (Å²) in [6.07, 6.45) is 0. The first kappa shape index (κ1) is 12.8. The number of hydrogen-bond acceptors (Lipinski definition) is 4. The van der Waals surface area contributed by atoms with Crippen molar-refractivity contribution in [3.8, 4) is 11.5 Å². The molecule has 0 fully saturated rings. The van der Waals surface area contributed by atoms with E-state index in [-0.39, 0.29) is 5.75 Å². The topological polar surface area (TPSA) is 44.7 Å². The molecule has 1 aromatic rings. The zero-order chi connectivity index (χ0) is 12.0. The lowest BCUT2D eigenvalue weighted by Crippen LogP contribution is -2.26. The number of nitrogens with zero attached hydrogens (tertiary/aromatic N) is 1. The molecule has 0 saturated carbocycles. The van der Waals surface area contributed by atoms with Gasteiger partial charge in [-0.05, 0) is 31.8 Å². The number of phenols is 1. The molecule has 0 aromatic heterocycles. The first-order valence-electron chi connectivity index (χ1n) is 5.35. The van der Waals surface area contributed by atoms with Gasteiger partial charge in [-0.1, -0.05) is 6.07 Å². The van der Waals surface area contributed by atoms with E-state index in [2.05, 4.69) is 10.2 Å². The van der Waals surface area contributed by atoms with Gasteiger partial charge < -0.3 is 20.1 Å². The second kappa shape index (κ2) is 6.35. The molecule has 0 saturated heterocycles. The van der Waals surface area contributed by atoms with Crippen molar-refractivity contribution >= 4 is 0 Å². The maximum Gasteiger partial charge on any atom is 0.160 e. The molecule has 0 heterocycles. The summed E-state index contributed by atoms with van der Waals surface area (Å²) in [5.41, 5.74) is 1.05. The molecule has 0 unspecified atom stereocenters. The van der Waals surface area contributed by atoms with Crippen LogP contribution in [0.25, 0.3) is 0 Å². The SMILES string of the molecule is COc1ccc(CNCCN(C)C)cc1O. The van der Waals surface area contributed by atoms with Crippen molar-refractivity contribution < 1.29 is 9.84 Å². The van der Waals surface area contributed by atoms with Crippen LogP contribution < -0.4 is 10.1 Å². The van der Waals surface area contributed by atoms with Crippen molar-refractivity contribution in [1.82, 2.24) is 10.2 Å². The predicted octanol–water partition coefficient (Wildman–Crippen LogP) is 1.05. The second-order valence-corrected chi connectivity index (χ2v) is 3.99. The van der Waals surface area contributed by atoms with Crippen LogP contribution in [0, 0.1) is 0 Å². The molecule has 0 spiro atoms. The highest BCUT2D eigenvalue weighted by Crippen LogP contribution is 2.25. The molecule has 0 amide bonds. The molecule has 16 heavy (non-hydrogen) atoms. The van der Waals surface area contributed by atoms with E-state index in [1.807, 2.05) is 20.2 Å². The monoisotopic (exact) mass is 224 g/mol. The van der Waals surface area contributed by atoms with E-state index in [0.29, 0.717) is 5.75 Å². The minimum absolute atomic E-state index is 0.189. The van der Waals surface area contributed by atoms with E-state index < -0.39 is 0 Å². The molecule has 2 N–H and O–H groups in total. The number of likely N-dealkylation sites (N-methyl/N-ethyl adjacent to an activating group) is 1. The van der Waals surface area contributed by atoms with Crippen molar-refractivity contribution in [1.29, 1.82) is 0 Å². The molecule has 1 rings (SSSR count). The molecule has 0 bridgehead atoms. The minimum Gasteiger partial charge on any atom is -0.504 e. The van der Waals surface area contributed by atoms with Gasteiger partial charge in [-0.3, -0.25) is 0 Å². The van der Waals surface area contributed by atoms with Crippen LogP contribution in [0.15, 0.2) is 18.2 Å². The van der Waals surface area contributed by atoms with Crippen LogP contribution >= 0.6 is 0 Å². The Labute approximate surface area is 96.8 Å². The molecule has 0 aliphatic heterocycles. The zero-order valence-electron chi connectivity index (χ0n) is 10.2. The van der Waals surface area contributed by atoms with Crippen LogP contribution in [0.3, 0.4) is 0 Å². The number of nitrogens with one attached hydrogen (secondary N) is 1. The smallest absolute Gasteiger partial charge is 0.160 e. The molecule has 0 aliphatic carbocycles. The number of phenolic OH excluding ortho intramolecular Hbond substituents is 1. The molecule has 0 aliphatic rings. The fraction of sp³-hybridized carbons (Fsp3) is 0.500. The maximum atomic E-state index is 9.58. The molecular weight excluding hydrogens is 204 g/mol. The van der Waals surface area contributed by atoms with Gasteiger partial charge >= 0.3 is 0 Å². The Morgan fingerprint density at radius 2 is 2.12 bits per heavy atom. The number of aromatic hydroxyl groups is 1. The van der Waals surface area contributed by atoms with Gasteiger partial charge in [0.1, 0.15) is 0 Å². The van der Waals surface area contributed by atoms with Gasteiger partial charge in [0.05, 0.1) is 7.11 Å². The summed E-state index contributed by atoms with van der Waals surface area (Å²) in [6.45, 7) is 2.69. The lowest BCUT2D eigenvalue weighted by Gasteiger charge is -2.11. The highest BCUT2D eigenvalue weighted by molar-refractivity contribution is 5.41. The summed E-state index contributed by atoms with van der Waals surface area (Å²) in [6, 6.07) is 5.45. The molecule has 0 atom stereocenters. The molecule has 4 nitrogen and oxygen atoms in total. The van der Waals surface area contributed by atoms with Crippen molar-refractivity contribution in [2.45, 2.75) is 6.54 Å². The molecule has 90 valence electrons. The van der Waals surface area contributed by atoms with Crippen LogP contribution in [0.4, 0.5) is 0 Å². The molecular formula is C12H20N2O2. The summed E-state index contributed by atoms with van der Waals surface area (Å²) >= 11 is 0. The third-order valence-electron chi connectivity index (χ3n) is 2.31. The Kier molecular flexibility index (Phi) is 5.08. The summed E-state index contributed by atoms with van der Waals surface area (Å²) in [4.78, 5) is 2.12. The maximum absolute atomic E-state index is 9.58. The minimum atomic E-state index is 0.189. The standard InChI is InChI=1S/C12H20N2O2/c1-14(2)7-6-13-9-10-4-5-12(16-3)11(15)8-10/h4-5,8,13,15H,6-7,9H2,1-3H3. The van der Waals surface area contributed by atoms with E-state index in [4.69, 9.17) is 4.74 Å². The Hall–Kier alpha value is -1.26. The van der Waals surface area contributed by atoms with E-state index in [1.54, 1.807) is 19.2 Å². The summed E-state index contributed by atoms with van der Waals surface area (Å²) in [5, 5.41) is 12.9. The fourth-order valence-electron chi connectivity index (χ4n) is 1.38. The summed E-state index contributed by atoms with van der Waals surface area (Å²) in [7, 11) is 5.63. The quantitative estimate of drug-likeness (QED) is 0.709.